The highest BCUT2D eigenvalue weighted by Gasteiger charge is 2.09. The van der Waals surface area contributed by atoms with E-state index in [1.807, 2.05) is 24.6 Å². The van der Waals surface area contributed by atoms with E-state index in [0.29, 0.717) is 18.9 Å². The van der Waals surface area contributed by atoms with Gasteiger partial charge >= 0.3 is 0 Å². The molecule has 2 rings (SSSR count). The van der Waals surface area contributed by atoms with Crippen molar-refractivity contribution in [3.63, 3.8) is 0 Å². The molecular formula is C14H16FNOS. The lowest BCUT2D eigenvalue weighted by Crippen LogP contribution is -2.10. The maximum atomic E-state index is 13.7. The highest BCUT2D eigenvalue weighted by atomic mass is 32.1. The van der Waals surface area contributed by atoms with E-state index < -0.39 is 0 Å². The SMILES string of the molecule is CNCc1cccc(F)c1OCCc1cccs1. The first-order valence-electron chi connectivity index (χ1n) is 5.88. The predicted octanol–water partition coefficient (Wildman–Crippen LogP) is 3.23. The van der Waals surface area contributed by atoms with Gasteiger partial charge < -0.3 is 10.1 Å². The van der Waals surface area contributed by atoms with Gasteiger partial charge in [0.2, 0.25) is 0 Å². The predicted molar refractivity (Wildman–Crippen MR) is 72.7 cm³/mol. The van der Waals surface area contributed by atoms with Crippen molar-refractivity contribution < 1.29 is 9.13 Å². The van der Waals surface area contributed by atoms with Crippen LogP contribution in [-0.4, -0.2) is 13.7 Å². The van der Waals surface area contributed by atoms with E-state index in [1.54, 1.807) is 17.4 Å². The van der Waals surface area contributed by atoms with Crippen LogP contribution in [0.15, 0.2) is 35.7 Å². The van der Waals surface area contributed by atoms with Gasteiger partial charge in [-0.3, -0.25) is 0 Å². The van der Waals surface area contributed by atoms with Gasteiger partial charge in [0.15, 0.2) is 11.6 Å². The van der Waals surface area contributed by atoms with Gasteiger partial charge in [0.1, 0.15) is 0 Å². The average molecular weight is 265 g/mol. The molecule has 96 valence electrons. The van der Waals surface area contributed by atoms with Crippen molar-refractivity contribution in [2.75, 3.05) is 13.7 Å². The Kier molecular flexibility index (Phi) is 4.73. The second-order valence-corrected chi connectivity index (χ2v) is 4.97. The molecule has 18 heavy (non-hydrogen) atoms. The van der Waals surface area contributed by atoms with Crippen LogP contribution in [-0.2, 0) is 13.0 Å². The summed E-state index contributed by atoms with van der Waals surface area (Å²) in [5, 5.41) is 5.04. The first kappa shape index (κ1) is 13.1. The zero-order chi connectivity index (χ0) is 12.8. The third-order valence-electron chi connectivity index (χ3n) is 2.59. The summed E-state index contributed by atoms with van der Waals surface area (Å²) in [4.78, 5) is 1.25. The van der Waals surface area contributed by atoms with Crippen LogP contribution in [0.25, 0.3) is 0 Å². The van der Waals surface area contributed by atoms with Gasteiger partial charge in [-0.25, -0.2) is 4.39 Å². The molecular weight excluding hydrogens is 249 g/mol. The Bertz CT molecular complexity index is 485. The van der Waals surface area contributed by atoms with E-state index in [2.05, 4.69) is 11.4 Å². The quantitative estimate of drug-likeness (QED) is 0.866. The molecule has 2 aromatic rings. The van der Waals surface area contributed by atoms with Crippen molar-refractivity contribution in [1.29, 1.82) is 0 Å². The number of hydrogen-bond donors (Lipinski definition) is 1. The summed E-state index contributed by atoms with van der Waals surface area (Å²) >= 11 is 1.69. The fourth-order valence-corrected chi connectivity index (χ4v) is 2.44. The van der Waals surface area contributed by atoms with E-state index in [9.17, 15) is 4.39 Å². The first-order valence-corrected chi connectivity index (χ1v) is 6.76. The van der Waals surface area contributed by atoms with Crippen molar-refractivity contribution in [3.8, 4) is 5.75 Å². The standard InChI is InChI=1S/C14H16FNOS/c1-16-10-11-4-2-6-13(15)14(11)17-8-7-12-5-3-9-18-12/h2-6,9,16H,7-8,10H2,1H3. The summed E-state index contributed by atoms with van der Waals surface area (Å²) in [6, 6.07) is 9.08. The molecule has 0 radical (unpaired) electrons. The van der Waals surface area contributed by atoms with Crippen LogP contribution in [0.1, 0.15) is 10.4 Å². The van der Waals surface area contributed by atoms with Gasteiger partial charge in [-0.2, -0.15) is 0 Å². The zero-order valence-corrected chi connectivity index (χ0v) is 11.1. The van der Waals surface area contributed by atoms with Crippen LogP contribution in [0.5, 0.6) is 5.75 Å². The van der Waals surface area contributed by atoms with Crippen molar-refractivity contribution in [2.24, 2.45) is 0 Å². The molecule has 0 aliphatic heterocycles. The minimum Gasteiger partial charge on any atom is -0.490 e. The molecule has 0 amide bonds. The fraction of sp³-hybridized carbons (Fsp3) is 0.286. The number of para-hydroxylation sites is 1. The molecule has 1 aromatic carbocycles. The van der Waals surface area contributed by atoms with Crippen LogP contribution < -0.4 is 10.1 Å². The molecule has 0 spiro atoms. The number of thiophene rings is 1. The van der Waals surface area contributed by atoms with Crippen molar-refractivity contribution in [1.82, 2.24) is 5.32 Å². The highest BCUT2D eigenvalue weighted by molar-refractivity contribution is 7.09. The molecule has 0 saturated heterocycles. The highest BCUT2D eigenvalue weighted by Crippen LogP contribution is 2.23. The van der Waals surface area contributed by atoms with Crippen LogP contribution in [0.2, 0.25) is 0 Å². The molecule has 1 N–H and O–H groups in total. The Balaban J connectivity index is 1.99. The number of ether oxygens (including phenoxy) is 1. The van der Waals surface area contributed by atoms with Gasteiger partial charge in [-0.15, -0.1) is 11.3 Å². The van der Waals surface area contributed by atoms with Crippen LogP contribution >= 0.6 is 11.3 Å². The Morgan fingerprint density at radius 1 is 1.28 bits per heavy atom. The Morgan fingerprint density at radius 3 is 2.89 bits per heavy atom. The van der Waals surface area contributed by atoms with Gasteiger partial charge in [-0.1, -0.05) is 18.2 Å². The monoisotopic (exact) mass is 265 g/mol. The minimum atomic E-state index is -0.297. The fourth-order valence-electron chi connectivity index (χ4n) is 1.75. The second kappa shape index (κ2) is 6.52. The Labute approximate surface area is 110 Å². The third kappa shape index (κ3) is 3.31. The van der Waals surface area contributed by atoms with E-state index in [1.165, 1.54) is 10.9 Å². The average Bonchev–Trinajstić information content (AvgIpc) is 2.86. The summed E-state index contributed by atoms with van der Waals surface area (Å²) in [7, 11) is 1.83. The maximum Gasteiger partial charge on any atom is 0.165 e. The summed E-state index contributed by atoms with van der Waals surface area (Å²) in [5.74, 6) is 0.0670. The molecule has 0 aliphatic rings. The molecule has 4 heteroatoms. The number of nitrogens with one attached hydrogen (secondary N) is 1. The molecule has 0 saturated carbocycles. The molecule has 0 unspecified atom stereocenters. The zero-order valence-electron chi connectivity index (χ0n) is 10.3. The van der Waals surface area contributed by atoms with Crippen LogP contribution in [0.3, 0.4) is 0 Å². The third-order valence-corrected chi connectivity index (χ3v) is 3.53. The van der Waals surface area contributed by atoms with Crippen LogP contribution in [0, 0.1) is 5.82 Å². The van der Waals surface area contributed by atoms with E-state index in [0.717, 1.165) is 12.0 Å². The van der Waals surface area contributed by atoms with Crippen molar-refractivity contribution in [3.05, 3.63) is 52.0 Å². The summed E-state index contributed by atoms with van der Waals surface area (Å²) < 4.78 is 19.3. The molecule has 0 fully saturated rings. The Morgan fingerprint density at radius 2 is 2.17 bits per heavy atom. The summed E-state index contributed by atoms with van der Waals surface area (Å²) in [6.07, 6.45) is 0.811. The molecule has 1 heterocycles. The smallest absolute Gasteiger partial charge is 0.165 e. The lowest BCUT2D eigenvalue weighted by Gasteiger charge is -2.11. The van der Waals surface area contributed by atoms with Gasteiger partial charge in [-0.05, 0) is 24.6 Å². The number of rotatable bonds is 6. The number of hydrogen-bond acceptors (Lipinski definition) is 3. The molecule has 1 aromatic heterocycles. The molecule has 0 bridgehead atoms. The number of halogens is 1. The lowest BCUT2D eigenvalue weighted by molar-refractivity contribution is 0.302. The maximum absolute atomic E-state index is 13.7. The summed E-state index contributed by atoms with van der Waals surface area (Å²) in [5.41, 5.74) is 0.851. The topological polar surface area (TPSA) is 21.3 Å². The number of benzene rings is 1. The minimum absolute atomic E-state index is 0.297. The largest absolute Gasteiger partial charge is 0.490 e. The molecule has 0 atom stereocenters. The van der Waals surface area contributed by atoms with Gasteiger partial charge in [0.25, 0.3) is 0 Å². The lowest BCUT2D eigenvalue weighted by atomic mass is 10.2. The Hall–Kier alpha value is -1.39. The second-order valence-electron chi connectivity index (χ2n) is 3.94. The first-order chi connectivity index (χ1) is 8.81. The van der Waals surface area contributed by atoms with Crippen LogP contribution in [0.4, 0.5) is 4.39 Å². The van der Waals surface area contributed by atoms with Crippen molar-refractivity contribution >= 4 is 11.3 Å². The van der Waals surface area contributed by atoms with Gasteiger partial charge in [0.05, 0.1) is 6.61 Å². The molecule has 2 nitrogen and oxygen atoms in total. The normalized spacial score (nSPS) is 10.6. The van der Waals surface area contributed by atoms with E-state index in [4.69, 9.17) is 4.74 Å². The van der Waals surface area contributed by atoms with Crippen molar-refractivity contribution in [2.45, 2.75) is 13.0 Å². The van der Waals surface area contributed by atoms with E-state index in [-0.39, 0.29) is 5.82 Å². The summed E-state index contributed by atoms with van der Waals surface area (Å²) in [6.45, 7) is 1.10. The molecule has 0 aliphatic carbocycles. The van der Waals surface area contributed by atoms with E-state index >= 15 is 0 Å². The van der Waals surface area contributed by atoms with Gasteiger partial charge in [0, 0.05) is 23.4 Å².